The Balaban J connectivity index is 1.40. The number of anilines is 1. The minimum absolute atomic E-state index is 0.0139. The fourth-order valence-electron chi connectivity index (χ4n) is 5.25. The zero-order chi connectivity index (χ0) is 22.1. The van der Waals surface area contributed by atoms with Crippen molar-refractivity contribution in [3.63, 3.8) is 0 Å². The van der Waals surface area contributed by atoms with Crippen molar-refractivity contribution in [2.24, 2.45) is 23.7 Å². The van der Waals surface area contributed by atoms with Crippen LogP contribution >= 0.6 is 15.9 Å². The number of carbonyl (C=O) groups is 3. The molecular weight excluding hydrogens is 458 g/mol. The minimum Gasteiger partial charge on any atom is -0.455 e. The second-order valence-corrected chi connectivity index (χ2v) is 9.49. The summed E-state index contributed by atoms with van der Waals surface area (Å²) in [5.41, 5.74) is 3.32. The van der Waals surface area contributed by atoms with Gasteiger partial charge in [-0.05, 0) is 68.2 Å². The fourth-order valence-corrected chi connectivity index (χ4v) is 5.48. The third kappa shape index (κ3) is 4.45. The van der Waals surface area contributed by atoms with Crippen molar-refractivity contribution in [2.45, 2.75) is 33.1 Å². The molecule has 4 atom stereocenters. The molecular formula is C25H26BrNO4. The molecule has 2 aliphatic carbocycles. The number of ketones is 1. The summed E-state index contributed by atoms with van der Waals surface area (Å²) >= 11 is 3.51. The first-order chi connectivity index (χ1) is 14.8. The predicted molar refractivity (Wildman–Crippen MR) is 122 cm³/mol. The second-order valence-electron chi connectivity index (χ2n) is 8.69. The van der Waals surface area contributed by atoms with Gasteiger partial charge in [-0.15, -0.1) is 0 Å². The molecule has 2 aromatic carbocycles. The number of nitrogens with one attached hydrogen (secondary N) is 1. The largest absolute Gasteiger partial charge is 0.455 e. The third-order valence-corrected chi connectivity index (χ3v) is 7.87. The highest BCUT2D eigenvalue weighted by Crippen LogP contribution is 2.53. The van der Waals surface area contributed by atoms with Crippen LogP contribution in [0.4, 0.5) is 5.69 Å². The van der Waals surface area contributed by atoms with Crippen molar-refractivity contribution in [3.05, 3.63) is 63.6 Å². The number of benzene rings is 2. The van der Waals surface area contributed by atoms with Crippen LogP contribution in [0.5, 0.6) is 0 Å². The Morgan fingerprint density at radius 2 is 1.61 bits per heavy atom. The predicted octanol–water partition coefficient (Wildman–Crippen LogP) is 5.09. The topological polar surface area (TPSA) is 72.5 Å². The number of Topliss-reactive ketones (excluding diaryl/α,β-unsaturated/α-hetero) is 1. The first kappa shape index (κ1) is 21.8. The molecule has 4 rings (SSSR count). The maximum atomic E-state index is 13.1. The van der Waals surface area contributed by atoms with Crippen LogP contribution in [0.1, 0.15) is 40.7 Å². The molecule has 31 heavy (non-hydrogen) atoms. The lowest BCUT2D eigenvalue weighted by Crippen LogP contribution is -2.37. The van der Waals surface area contributed by atoms with E-state index in [1.165, 1.54) is 0 Å². The number of hydrogen-bond donors (Lipinski definition) is 1. The van der Waals surface area contributed by atoms with E-state index in [4.69, 9.17) is 4.74 Å². The molecule has 0 heterocycles. The van der Waals surface area contributed by atoms with Crippen LogP contribution in [0.3, 0.4) is 0 Å². The summed E-state index contributed by atoms with van der Waals surface area (Å²) in [7, 11) is 0. The summed E-state index contributed by atoms with van der Waals surface area (Å²) in [5.74, 6) is -1.24. The lowest BCUT2D eigenvalue weighted by molar-refractivity contribution is -0.154. The number of carbonyl (C=O) groups excluding carboxylic acids is 3. The Morgan fingerprint density at radius 1 is 1.00 bits per heavy atom. The van der Waals surface area contributed by atoms with E-state index in [2.05, 4.69) is 21.2 Å². The van der Waals surface area contributed by atoms with Crippen LogP contribution in [0, 0.1) is 37.5 Å². The standard InChI is InChI=1S/C25H26BrNO4/c1-14-10-19(11-15(2)23(14)26)27-20(28)13-31-25(30)22-18-9-8-17(12-18)21(22)24(29)16-6-4-3-5-7-16/h3-7,10-11,17-18,21-22H,8-9,12-13H2,1-2H3,(H,27,28)/t17-,18-,21+,22+/m0/s1. The van der Waals surface area contributed by atoms with Gasteiger partial charge in [0.05, 0.1) is 5.92 Å². The molecule has 0 saturated heterocycles. The highest BCUT2D eigenvalue weighted by molar-refractivity contribution is 9.10. The average Bonchev–Trinajstić information content (AvgIpc) is 3.37. The number of aryl methyl sites for hydroxylation is 2. The van der Waals surface area contributed by atoms with Crippen LogP contribution in [0.15, 0.2) is 46.9 Å². The van der Waals surface area contributed by atoms with Crippen molar-refractivity contribution in [1.82, 2.24) is 0 Å². The van der Waals surface area contributed by atoms with Gasteiger partial charge in [-0.2, -0.15) is 0 Å². The zero-order valence-electron chi connectivity index (χ0n) is 17.7. The molecule has 2 bridgehead atoms. The molecule has 2 aromatic rings. The van der Waals surface area contributed by atoms with Crippen LogP contribution in [-0.4, -0.2) is 24.3 Å². The van der Waals surface area contributed by atoms with Gasteiger partial charge in [0.25, 0.3) is 5.91 Å². The van der Waals surface area contributed by atoms with Crippen LogP contribution in [0.25, 0.3) is 0 Å². The van der Waals surface area contributed by atoms with E-state index in [1.54, 1.807) is 12.1 Å². The lowest BCUT2D eigenvalue weighted by atomic mass is 9.75. The van der Waals surface area contributed by atoms with Crippen molar-refractivity contribution < 1.29 is 19.1 Å². The molecule has 6 heteroatoms. The van der Waals surface area contributed by atoms with Gasteiger partial charge in [0.2, 0.25) is 0 Å². The number of ether oxygens (including phenoxy) is 1. The summed E-state index contributed by atoms with van der Waals surface area (Å²) < 4.78 is 6.40. The molecule has 2 saturated carbocycles. The highest BCUT2D eigenvalue weighted by Gasteiger charge is 2.54. The molecule has 0 aromatic heterocycles. The van der Waals surface area contributed by atoms with Crippen LogP contribution in [-0.2, 0) is 14.3 Å². The number of rotatable bonds is 6. The van der Waals surface area contributed by atoms with E-state index in [1.807, 2.05) is 44.2 Å². The van der Waals surface area contributed by atoms with Gasteiger partial charge in [0.15, 0.2) is 12.4 Å². The van der Waals surface area contributed by atoms with Gasteiger partial charge >= 0.3 is 5.97 Å². The SMILES string of the molecule is Cc1cc(NC(=O)COC(=O)[C@@H]2[C@H]3CC[C@@H](C3)[C@H]2C(=O)c2ccccc2)cc(C)c1Br. The summed E-state index contributed by atoms with van der Waals surface area (Å²) in [6.07, 6.45) is 2.79. The van der Waals surface area contributed by atoms with Crippen molar-refractivity contribution in [2.75, 3.05) is 11.9 Å². The van der Waals surface area contributed by atoms with Gasteiger partial charge in [-0.3, -0.25) is 14.4 Å². The normalized spacial score (nSPS) is 24.1. The number of amides is 1. The van der Waals surface area contributed by atoms with Crippen molar-refractivity contribution in [1.29, 1.82) is 0 Å². The Hall–Kier alpha value is -2.47. The Labute approximate surface area is 190 Å². The van der Waals surface area contributed by atoms with Crippen LogP contribution in [0.2, 0.25) is 0 Å². The fraction of sp³-hybridized carbons (Fsp3) is 0.400. The number of esters is 1. The highest BCUT2D eigenvalue weighted by atomic mass is 79.9. The molecule has 5 nitrogen and oxygen atoms in total. The summed E-state index contributed by atoms with van der Waals surface area (Å²) in [6, 6.07) is 12.9. The van der Waals surface area contributed by atoms with Gasteiger partial charge in [0, 0.05) is 21.6 Å². The Morgan fingerprint density at radius 3 is 2.26 bits per heavy atom. The van der Waals surface area contributed by atoms with E-state index < -0.39 is 11.9 Å². The molecule has 0 aliphatic heterocycles. The zero-order valence-corrected chi connectivity index (χ0v) is 19.3. The van der Waals surface area contributed by atoms with E-state index in [-0.39, 0.29) is 36.1 Å². The van der Waals surface area contributed by atoms with Gasteiger partial charge in [-0.25, -0.2) is 0 Å². The molecule has 0 radical (unpaired) electrons. The van der Waals surface area contributed by atoms with E-state index in [0.29, 0.717) is 11.3 Å². The maximum Gasteiger partial charge on any atom is 0.310 e. The maximum absolute atomic E-state index is 13.1. The van der Waals surface area contributed by atoms with E-state index in [9.17, 15) is 14.4 Å². The van der Waals surface area contributed by atoms with E-state index in [0.717, 1.165) is 34.9 Å². The molecule has 2 aliphatic rings. The summed E-state index contributed by atoms with van der Waals surface area (Å²) in [5, 5.41) is 2.79. The average molecular weight is 484 g/mol. The molecule has 0 unspecified atom stereocenters. The van der Waals surface area contributed by atoms with Gasteiger partial charge in [0.1, 0.15) is 0 Å². The first-order valence-electron chi connectivity index (χ1n) is 10.7. The minimum atomic E-state index is -0.462. The molecule has 1 amide bonds. The van der Waals surface area contributed by atoms with E-state index >= 15 is 0 Å². The second kappa shape index (κ2) is 8.95. The quantitative estimate of drug-likeness (QED) is 0.458. The molecule has 1 N–H and O–H groups in total. The molecule has 162 valence electrons. The molecule has 2 fully saturated rings. The lowest BCUT2D eigenvalue weighted by Gasteiger charge is -2.28. The smallest absolute Gasteiger partial charge is 0.310 e. The third-order valence-electron chi connectivity index (χ3n) is 6.62. The van der Waals surface area contributed by atoms with Crippen molar-refractivity contribution in [3.8, 4) is 0 Å². The summed E-state index contributed by atoms with van der Waals surface area (Å²) in [4.78, 5) is 38.4. The summed E-state index contributed by atoms with van der Waals surface area (Å²) in [6.45, 7) is 3.55. The molecule has 0 spiro atoms. The van der Waals surface area contributed by atoms with Crippen molar-refractivity contribution >= 4 is 39.3 Å². The van der Waals surface area contributed by atoms with Crippen LogP contribution < -0.4 is 5.32 Å². The number of hydrogen-bond acceptors (Lipinski definition) is 4. The first-order valence-corrected chi connectivity index (χ1v) is 11.5. The van der Waals surface area contributed by atoms with Gasteiger partial charge in [-0.1, -0.05) is 46.3 Å². The van der Waals surface area contributed by atoms with Gasteiger partial charge < -0.3 is 10.1 Å². The number of fused-ring (bicyclic) bond motifs is 2. The Bertz CT molecular complexity index is 996. The number of halogens is 1. The monoisotopic (exact) mass is 483 g/mol. The Kier molecular flexibility index (Phi) is 6.28.